The minimum Gasteiger partial charge on any atom is -0.397 e. The van der Waals surface area contributed by atoms with Crippen molar-refractivity contribution in [1.82, 2.24) is 0 Å². The van der Waals surface area contributed by atoms with E-state index in [1.807, 2.05) is 6.92 Å². The van der Waals surface area contributed by atoms with Crippen LogP contribution in [-0.2, 0) is 14.6 Å². The molecule has 0 aliphatic carbocycles. The maximum Gasteiger partial charge on any atom is 0.175 e. The van der Waals surface area contributed by atoms with Crippen LogP contribution in [0.15, 0.2) is 23.1 Å². The summed E-state index contributed by atoms with van der Waals surface area (Å²) in [5.41, 5.74) is 7.38. The van der Waals surface area contributed by atoms with Gasteiger partial charge >= 0.3 is 0 Å². The second-order valence-corrected chi connectivity index (χ2v) is 6.99. The van der Waals surface area contributed by atoms with E-state index in [0.717, 1.165) is 31.8 Å². The number of nitrogen functional groups attached to an aromatic ring is 1. The van der Waals surface area contributed by atoms with Gasteiger partial charge in [-0.05, 0) is 31.5 Å². The largest absolute Gasteiger partial charge is 0.397 e. The van der Waals surface area contributed by atoms with Gasteiger partial charge in [0, 0.05) is 26.0 Å². The van der Waals surface area contributed by atoms with Gasteiger partial charge in [0.1, 0.15) is 0 Å². The summed E-state index contributed by atoms with van der Waals surface area (Å²) in [6.07, 6.45) is 2.28. The average Bonchev–Trinajstić information content (AvgIpc) is 2.52. The van der Waals surface area contributed by atoms with Crippen LogP contribution in [0.5, 0.6) is 0 Å². The summed E-state index contributed by atoms with van der Waals surface area (Å²) in [4.78, 5) is 2.41. The molecule has 19 heavy (non-hydrogen) atoms. The number of nitrogens with two attached hydrogens (primary N) is 1. The SMILES string of the molecule is CC1CN(c2ccc(S(C)(=O)=O)cc2N)CCCO1. The summed E-state index contributed by atoms with van der Waals surface area (Å²) in [5.74, 6) is 0. The maximum absolute atomic E-state index is 11.5. The fraction of sp³-hybridized carbons (Fsp3) is 0.538. The Morgan fingerprint density at radius 2 is 2.16 bits per heavy atom. The molecule has 1 aliphatic rings. The van der Waals surface area contributed by atoms with Gasteiger partial charge in [0.15, 0.2) is 9.84 Å². The number of ether oxygens (including phenoxy) is 1. The number of hydrogen-bond donors (Lipinski definition) is 1. The van der Waals surface area contributed by atoms with Gasteiger partial charge in [-0.1, -0.05) is 0 Å². The van der Waals surface area contributed by atoms with Crippen molar-refractivity contribution in [2.45, 2.75) is 24.3 Å². The third-order valence-electron chi connectivity index (χ3n) is 3.22. The monoisotopic (exact) mass is 284 g/mol. The second-order valence-electron chi connectivity index (χ2n) is 4.97. The molecule has 2 rings (SSSR count). The quantitative estimate of drug-likeness (QED) is 0.828. The predicted molar refractivity (Wildman–Crippen MR) is 76.2 cm³/mol. The van der Waals surface area contributed by atoms with Gasteiger partial charge in [-0.25, -0.2) is 8.42 Å². The maximum atomic E-state index is 11.5. The molecule has 0 amide bonds. The number of anilines is 2. The molecule has 1 atom stereocenters. The summed E-state index contributed by atoms with van der Waals surface area (Å²) in [6, 6.07) is 4.92. The molecule has 0 saturated carbocycles. The highest BCUT2D eigenvalue weighted by atomic mass is 32.2. The lowest BCUT2D eigenvalue weighted by Gasteiger charge is -2.25. The van der Waals surface area contributed by atoms with Crippen molar-refractivity contribution in [1.29, 1.82) is 0 Å². The fourth-order valence-corrected chi connectivity index (χ4v) is 2.92. The van der Waals surface area contributed by atoms with E-state index in [-0.39, 0.29) is 11.0 Å². The molecule has 0 radical (unpaired) electrons. The topological polar surface area (TPSA) is 72.6 Å². The second kappa shape index (κ2) is 5.38. The minimum atomic E-state index is -3.21. The standard InChI is InChI=1S/C13H20N2O3S/c1-10-9-15(6-3-7-18-10)13-5-4-11(8-12(13)14)19(2,16)17/h4-5,8,10H,3,6-7,9,14H2,1-2H3. The lowest BCUT2D eigenvalue weighted by atomic mass is 10.2. The summed E-state index contributed by atoms with van der Waals surface area (Å²) < 4.78 is 28.6. The Labute approximate surface area is 114 Å². The van der Waals surface area contributed by atoms with Crippen molar-refractivity contribution in [3.8, 4) is 0 Å². The van der Waals surface area contributed by atoms with Gasteiger partial charge < -0.3 is 15.4 Å². The zero-order valence-electron chi connectivity index (χ0n) is 11.3. The Morgan fingerprint density at radius 1 is 1.42 bits per heavy atom. The first-order valence-electron chi connectivity index (χ1n) is 6.34. The highest BCUT2D eigenvalue weighted by molar-refractivity contribution is 7.90. The van der Waals surface area contributed by atoms with E-state index in [1.165, 1.54) is 12.3 Å². The summed E-state index contributed by atoms with van der Waals surface area (Å²) in [6.45, 7) is 4.41. The van der Waals surface area contributed by atoms with E-state index in [2.05, 4.69) is 4.90 Å². The lowest BCUT2D eigenvalue weighted by Crippen LogP contribution is -2.30. The molecule has 1 aromatic carbocycles. The molecule has 106 valence electrons. The smallest absolute Gasteiger partial charge is 0.175 e. The third kappa shape index (κ3) is 3.39. The van der Waals surface area contributed by atoms with Crippen LogP contribution in [0, 0.1) is 0 Å². The van der Waals surface area contributed by atoms with Crippen molar-refractivity contribution in [3.63, 3.8) is 0 Å². The molecular weight excluding hydrogens is 264 g/mol. The van der Waals surface area contributed by atoms with E-state index in [0.29, 0.717) is 5.69 Å². The third-order valence-corrected chi connectivity index (χ3v) is 4.33. The number of benzene rings is 1. The first kappa shape index (κ1) is 14.1. The Morgan fingerprint density at radius 3 is 2.79 bits per heavy atom. The van der Waals surface area contributed by atoms with Crippen LogP contribution in [0.2, 0.25) is 0 Å². The van der Waals surface area contributed by atoms with Crippen molar-refractivity contribution in [2.75, 3.05) is 36.6 Å². The highest BCUT2D eigenvalue weighted by Crippen LogP contribution is 2.27. The van der Waals surface area contributed by atoms with Crippen LogP contribution in [0.4, 0.5) is 11.4 Å². The molecule has 1 unspecified atom stereocenters. The minimum absolute atomic E-state index is 0.150. The zero-order valence-corrected chi connectivity index (χ0v) is 12.1. The van der Waals surface area contributed by atoms with Crippen molar-refractivity contribution >= 4 is 21.2 Å². The number of hydrogen-bond acceptors (Lipinski definition) is 5. The van der Waals surface area contributed by atoms with Crippen LogP contribution >= 0.6 is 0 Å². The van der Waals surface area contributed by atoms with Gasteiger partial charge in [0.2, 0.25) is 0 Å². The molecule has 1 fully saturated rings. The highest BCUT2D eigenvalue weighted by Gasteiger charge is 2.18. The van der Waals surface area contributed by atoms with Crippen LogP contribution in [-0.4, -0.2) is 40.5 Å². The Kier molecular flexibility index (Phi) is 4.01. The van der Waals surface area contributed by atoms with Crippen LogP contribution in [0.1, 0.15) is 13.3 Å². The summed E-state index contributed by atoms with van der Waals surface area (Å²) in [5, 5.41) is 0. The van der Waals surface area contributed by atoms with E-state index in [1.54, 1.807) is 12.1 Å². The van der Waals surface area contributed by atoms with E-state index >= 15 is 0 Å². The van der Waals surface area contributed by atoms with Gasteiger partial charge in [0.25, 0.3) is 0 Å². The van der Waals surface area contributed by atoms with E-state index < -0.39 is 9.84 Å². The van der Waals surface area contributed by atoms with Crippen LogP contribution in [0.3, 0.4) is 0 Å². The summed E-state index contributed by atoms with van der Waals surface area (Å²) in [7, 11) is -3.21. The number of sulfone groups is 1. The summed E-state index contributed by atoms with van der Waals surface area (Å²) >= 11 is 0. The van der Waals surface area contributed by atoms with Crippen molar-refractivity contribution < 1.29 is 13.2 Å². The average molecular weight is 284 g/mol. The molecule has 2 N–H and O–H groups in total. The zero-order chi connectivity index (χ0) is 14.0. The lowest BCUT2D eigenvalue weighted by molar-refractivity contribution is 0.0821. The first-order valence-corrected chi connectivity index (χ1v) is 8.23. The van der Waals surface area contributed by atoms with Crippen molar-refractivity contribution in [3.05, 3.63) is 18.2 Å². The molecule has 1 heterocycles. The predicted octanol–water partition coefficient (Wildman–Crippen LogP) is 1.29. The van der Waals surface area contributed by atoms with Crippen molar-refractivity contribution in [2.24, 2.45) is 0 Å². The molecule has 1 aliphatic heterocycles. The molecule has 1 saturated heterocycles. The molecule has 1 aromatic rings. The molecule has 0 aromatic heterocycles. The number of nitrogens with zero attached hydrogens (tertiary/aromatic N) is 1. The van der Waals surface area contributed by atoms with Gasteiger partial charge in [0.05, 0.1) is 22.4 Å². The van der Waals surface area contributed by atoms with Crippen LogP contribution in [0.25, 0.3) is 0 Å². The molecule has 0 spiro atoms. The molecule has 5 nitrogen and oxygen atoms in total. The first-order chi connectivity index (χ1) is 8.88. The molecule has 0 bridgehead atoms. The Balaban J connectivity index is 2.30. The van der Waals surface area contributed by atoms with Gasteiger partial charge in [-0.3, -0.25) is 0 Å². The fourth-order valence-electron chi connectivity index (χ4n) is 2.26. The Hall–Kier alpha value is -1.27. The van der Waals surface area contributed by atoms with E-state index in [9.17, 15) is 8.42 Å². The number of rotatable bonds is 2. The van der Waals surface area contributed by atoms with Gasteiger partial charge in [-0.2, -0.15) is 0 Å². The molecular formula is C13H20N2O3S. The van der Waals surface area contributed by atoms with Gasteiger partial charge in [-0.15, -0.1) is 0 Å². The molecule has 6 heteroatoms. The van der Waals surface area contributed by atoms with Crippen LogP contribution < -0.4 is 10.6 Å². The van der Waals surface area contributed by atoms with E-state index in [4.69, 9.17) is 10.5 Å². The normalized spacial score (nSPS) is 21.2. The Bertz CT molecular complexity index is 557.